The normalized spacial score (nSPS) is 51.0. The van der Waals surface area contributed by atoms with Crippen LogP contribution in [-0.4, -0.2) is 44.9 Å². The first-order chi connectivity index (χ1) is 10.5. The van der Waals surface area contributed by atoms with Crippen molar-refractivity contribution in [1.29, 1.82) is 0 Å². The molecule has 1 amide bonds. The molecule has 0 spiro atoms. The Morgan fingerprint density at radius 2 is 1.35 bits per heavy atom. The van der Waals surface area contributed by atoms with Crippen molar-refractivity contribution in [2.75, 3.05) is 0 Å². The fourth-order valence-electron chi connectivity index (χ4n) is 6.34. The van der Waals surface area contributed by atoms with Crippen LogP contribution in [0.5, 0.6) is 0 Å². The molecule has 0 unspecified atom stereocenters. The van der Waals surface area contributed by atoms with Gasteiger partial charge in [-0.15, -0.1) is 0 Å². The highest BCUT2D eigenvalue weighted by molar-refractivity contribution is 6.27. The van der Waals surface area contributed by atoms with Crippen molar-refractivity contribution in [2.45, 2.75) is 37.5 Å². The highest BCUT2D eigenvalue weighted by atomic mass is 16.6. The maximum absolute atomic E-state index is 11.9. The number of hydrogen-bond acceptors (Lipinski definition) is 5. The summed E-state index contributed by atoms with van der Waals surface area (Å²) in [5.74, 6) is 0.636. The van der Waals surface area contributed by atoms with Crippen LogP contribution in [0.2, 0.25) is 0 Å². The monoisotopic (exact) mass is 324 g/mol. The zero-order valence-corrected chi connectivity index (χ0v) is 13.1. The second kappa shape index (κ2) is 3.63. The molecule has 23 heavy (non-hydrogen) atoms. The SMILES string of the molecule is CC(C)(C)OC(=O)NC12C3C4C1C1C2C3C41N.O=C(O)C(=O)O. The molecule has 0 radical (unpaired) electrons. The van der Waals surface area contributed by atoms with Crippen LogP contribution in [-0.2, 0) is 14.3 Å². The Bertz CT molecular complexity index is 585. The average molecular weight is 324 g/mol. The van der Waals surface area contributed by atoms with Crippen LogP contribution in [0.25, 0.3) is 0 Å². The van der Waals surface area contributed by atoms with Crippen molar-refractivity contribution < 1.29 is 29.3 Å². The van der Waals surface area contributed by atoms with Crippen LogP contribution in [0.4, 0.5) is 4.79 Å². The van der Waals surface area contributed by atoms with E-state index >= 15 is 0 Å². The number of carbonyl (C=O) groups is 3. The summed E-state index contributed by atoms with van der Waals surface area (Å²) >= 11 is 0. The first-order valence-electron chi connectivity index (χ1n) is 7.74. The molecule has 6 fully saturated rings. The van der Waals surface area contributed by atoms with E-state index in [1.165, 1.54) is 0 Å². The summed E-state index contributed by atoms with van der Waals surface area (Å²) < 4.78 is 5.36. The van der Waals surface area contributed by atoms with Gasteiger partial charge in [-0.05, 0) is 56.3 Å². The number of carbonyl (C=O) groups excluding carboxylic acids is 1. The Kier molecular flexibility index (Phi) is 2.33. The van der Waals surface area contributed by atoms with Crippen LogP contribution < -0.4 is 11.1 Å². The van der Waals surface area contributed by atoms with Gasteiger partial charge in [0.1, 0.15) is 5.60 Å². The summed E-state index contributed by atoms with van der Waals surface area (Å²) in [5, 5.41) is 17.9. The lowest BCUT2D eigenvalue weighted by Crippen LogP contribution is -3.19. The molecular weight excluding hydrogens is 304 g/mol. The van der Waals surface area contributed by atoms with Gasteiger partial charge in [0, 0.05) is 5.54 Å². The number of nitrogens with two attached hydrogens (primary N) is 1. The number of hydrogen-bond donors (Lipinski definition) is 4. The Balaban J connectivity index is 0.000000197. The zero-order chi connectivity index (χ0) is 17.1. The van der Waals surface area contributed by atoms with Crippen molar-refractivity contribution in [1.82, 2.24) is 5.32 Å². The van der Waals surface area contributed by atoms with Gasteiger partial charge < -0.3 is 26.0 Å². The van der Waals surface area contributed by atoms with E-state index in [1.54, 1.807) is 0 Å². The van der Waals surface area contributed by atoms with Crippen molar-refractivity contribution in [3.63, 3.8) is 0 Å². The molecule has 8 heteroatoms. The fourth-order valence-corrected chi connectivity index (χ4v) is 6.34. The van der Waals surface area contributed by atoms with E-state index in [9.17, 15) is 4.79 Å². The maximum Gasteiger partial charge on any atom is 0.414 e. The highest BCUT2D eigenvalue weighted by Gasteiger charge is 3.09. The second-order valence-electron chi connectivity index (χ2n) is 8.32. The fraction of sp³-hybridized carbons (Fsp3) is 0.800. The number of aliphatic carboxylic acids is 2. The Morgan fingerprint density at radius 3 is 1.65 bits per heavy atom. The van der Waals surface area contributed by atoms with Crippen molar-refractivity contribution >= 4 is 18.0 Å². The summed E-state index contributed by atoms with van der Waals surface area (Å²) in [6, 6.07) is 0. The van der Waals surface area contributed by atoms with Gasteiger partial charge >= 0.3 is 18.0 Å². The molecule has 5 N–H and O–H groups in total. The van der Waals surface area contributed by atoms with E-state index in [0.717, 1.165) is 17.8 Å². The molecule has 0 atom stereocenters. The van der Waals surface area contributed by atoms with E-state index in [1.807, 2.05) is 20.8 Å². The third-order valence-corrected chi connectivity index (χ3v) is 6.61. The largest absolute Gasteiger partial charge is 0.473 e. The lowest BCUT2D eigenvalue weighted by molar-refractivity contribution is -0.584. The summed E-state index contributed by atoms with van der Waals surface area (Å²) in [6.45, 7) is 5.71. The average Bonchev–Trinajstić information content (AvgIpc) is 2.41. The van der Waals surface area contributed by atoms with Gasteiger partial charge in [-0.3, -0.25) is 0 Å². The first-order valence-corrected chi connectivity index (χ1v) is 7.74. The molecule has 0 aromatic rings. The molecule has 0 aromatic heterocycles. The number of ether oxygens (including phenoxy) is 1. The summed E-state index contributed by atoms with van der Waals surface area (Å²) in [6.07, 6.45) is -0.237. The lowest BCUT2D eigenvalue weighted by atomic mass is 8.96. The molecule has 0 aromatic carbocycles. The van der Waals surface area contributed by atoms with E-state index in [4.69, 9.17) is 30.3 Å². The minimum atomic E-state index is -1.82. The topological polar surface area (TPSA) is 139 Å². The molecule has 6 saturated carbocycles. The second-order valence-corrected chi connectivity index (χ2v) is 8.32. The Labute approximate surface area is 132 Å². The van der Waals surface area contributed by atoms with Crippen LogP contribution in [0.1, 0.15) is 20.8 Å². The molecule has 6 aliphatic rings. The number of alkyl carbamates (subject to hydrolysis) is 1. The van der Waals surface area contributed by atoms with Crippen LogP contribution in [0.15, 0.2) is 0 Å². The molecule has 0 bridgehead atoms. The number of carboxylic acids is 2. The Hall–Kier alpha value is -1.83. The van der Waals surface area contributed by atoms with Crippen molar-refractivity contribution in [2.24, 2.45) is 41.2 Å². The Morgan fingerprint density at radius 1 is 0.957 bits per heavy atom. The van der Waals surface area contributed by atoms with Gasteiger partial charge in [-0.1, -0.05) is 0 Å². The molecule has 0 heterocycles. The van der Waals surface area contributed by atoms with Crippen molar-refractivity contribution in [3.05, 3.63) is 0 Å². The third kappa shape index (κ3) is 1.28. The number of amides is 1. The van der Waals surface area contributed by atoms with E-state index < -0.39 is 17.5 Å². The van der Waals surface area contributed by atoms with E-state index in [0.29, 0.717) is 17.8 Å². The maximum atomic E-state index is 11.9. The molecule has 0 aliphatic heterocycles. The van der Waals surface area contributed by atoms with E-state index in [2.05, 4.69) is 5.32 Å². The summed E-state index contributed by atoms with van der Waals surface area (Å²) in [5.41, 5.74) is 6.27. The highest BCUT2D eigenvalue weighted by Crippen LogP contribution is 3.02. The minimum absolute atomic E-state index is 0.128. The standard InChI is InChI=1S/C13H18N2O2.C2H2O4/c1-11(2,3)17-10(16)15-13-7-4-8(13)6-9(13)5(7)12(4,6)14;3-1(4)2(5)6/h4-9H,14H2,1-3H3,(H,15,16);(H,3,4)(H,5,6). The molecule has 6 rings (SSSR count). The molecule has 0 saturated heterocycles. The smallest absolute Gasteiger partial charge is 0.414 e. The molecule has 6 aliphatic carbocycles. The third-order valence-electron chi connectivity index (χ3n) is 6.61. The van der Waals surface area contributed by atoms with E-state index in [-0.39, 0.29) is 17.2 Å². The predicted octanol–water partition coefficient (Wildman–Crippen LogP) is -0.132. The molecule has 8 nitrogen and oxygen atoms in total. The quantitative estimate of drug-likeness (QED) is 0.493. The minimum Gasteiger partial charge on any atom is -0.473 e. The number of rotatable bonds is 1. The number of carboxylic acid groups (broad SMARTS) is 2. The van der Waals surface area contributed by atoms with Gasteiger partial charge in [0.05, 0.1) is 5.54 Å². The van der Waals surface area contributed by atoms with Crippen LogP contribution in [0.3, 0.4) is 0 Å². The lowest BCUT2D eigenvalue weighted by Gasteiger charge is -3.10. The van der Waals surface area contributed by atoms with Gasteiger partial charge in [0.15, 0.2) is 0 Å². The van der Waals surface area contributed by atoms with Crippen LogP contribution >= 0.6 is 0 Å². The van der Waals surface area contributed by atoms with Crippen LogP contribution in [0, 0.1) is 35.5 Å². The molecule has 126 valence electrons. The summed E-state index contributed by atoms with van der Waals surface area (Å²) in [7, 11) is 0. The van der Waals surface area contributed by atoms with Gasteiger partial charge in [-0.2, -0.15) is 0 Å². The zero-order valence-electron chi connectivity index (χ0n) is 13.1. The van der Waals surface area contributed by atoms with Crippen molar-refractivity contribution in [3.8, 4) is 0 Å². The van der Waals surface area contributed by atoms with Gasteiger partial charge in [0.25, 0.3) is 0 Å². The summed E-state index contributed by atoms with van der Waals surface area (Å²) in [4.78, 5) is 30.1. The first kappa shape index (κ1) is 14.7. The van der Waals surface area contributed by atoms with Gasteiger partial charge in [-0.25, -0.2) is 14.4 Å². The molecular formula is C15H20N2O6. The van der Waals surface area contributed by atoms with Gasteiger partial charge in [0.2, 0.25) is 0 Å². The predicted molar refractivity (Wildman–Crippen MR) is 75.2 cm³/mol. The number of nitrogens with one attached hydrogen (secondary N) is 1.